The highest BCUT2D eigenvalue weighted by atomic mass is 32.2. The maximum Gasteiger partial charge on any atom is 0.174 e. The minimum absolute atomic E-state index is 0.0859. The van der Waals surface area contributed by atoms with Crippen LogP contribution in [-0.4, -0.2) is 9.36 Å². The molecule has 1 aromatic heterocycles. The summed E-state index contributed by atoms with van der Waals surface area (Å²) in [5, 5.41) is 0. The molecule has 1 heterocycles. The van der Waals surface area contributed by atoms with Crippen LogP contribution in [0.25, 0.3) is 0 Å². The van der Waals surface area contributed by atoms with Gasteiger partial charge in [0.2, 0.25) is 0 Å². The molecule has 0 spiro atoms. The normalized spacial score (nSPS) is 12.7. The maximum atomic E-state index is 5.79. The lowest BCUT2D eigenvalue weighted by Crippen LogP contribution is -2.04. The lowest BCUT2D eigenvalue weighted by Gasteiger charge is -2.05. The van der Waals surface area contributed by atoms with Crippen LogP contribution in [-0.2, 0) is 0 Å². The molecule has 1 aromatic carbocycles. The van der Waals surface area contributed by atoms with Crippen molar-refractivity contribution in [3.8, 4) is 0 Å². The van der Waals surface area contributed by atoms with Gasteiger partial charge in [-0.15, -0.1) is 0 Å². The van der Waals surface area contributed by atoms with E-state index in [0.717, 1.165) is 15.7 Å². The summed E-state index contributed by atoms with van der Waals surface area (Å²) in [4.78, 5) is 5.48. The summed E-state index contributed by atoms with van der Waals surface area (Å²) in [5.74, 6) is 0.833. The number of benzene rings is 1. The van der Waals surface area contributed by atoms with Crippen LogP contribution < -0.4 is 5.73 Å². The molecule has 1 atom stereocenters. The Morgan fingerprint density at radius 1 is 1.31 bits per heavy atom. The van der Waals surface area contributed by atoms with E-state index in [4.69, 9.17) is 5.73 Å². The molecular weight excluding hydrogens is 238 g/mol. The van der Waals surface area contributed by atoms with Crippen molar-refractivity contribution in [2.24, 2.45) is 5.73 Å². The van der Waals surface area contributed by atoms with Crippen LogP contribution in [0.15, 0.2) is 33.5 Å². The fourth-order valence-electron chi connectivity index (χ4n) is 1.26. The van der Waals surface area contributed by atoms with Crippen molar-refractivity contribution < 1.29 is 0 Å². The molecule has 0 fully saturated rings. The Morgan fingerprint density at radius 3 is 2.50 bits per heavy atom. The van der Waals surface area contributed by atoms with E-state index in [1.807, 2.05) is 13.8 Å². The van der Waals surface area contributed by atoms with E-state index in [2.05, 4.69) is 33.6 Å². The standard InChI is InChI=1S/C11H13N3S2/c1-7(12)9-3-5-10(6-4-9)15-11-13-8(2)14-16-11/h3-7H,12H2,1-2H3/t7-/m1/s1. The van der Waals surface area contributed by atoms with Gasteiger partial charge in [0.05, 0.1) is 0 Å². The Balaban J connectivity index is 2.11. The van der Waals surface area contributed by atoms with Crippen LogP contribution in [0, 0.1) is 6.92 Å². The first kappa shape index (κ1) is 11.6. The molecule has 2 rings (SSSR count). The molecule has 0 unspecified atom stereocenters. The smallest absolute Gasteiger partial charge is 0.174 e. The van der Waals surface area contributed by atoms with Gasteiger partial charge in [-0.3, -0.25) is 0 Å². The van der Waals surface area contributed by atoms with Crippen LogP contribution in [0.5, 0.6) is 0 Å². The fraction of sp³-hybridized carbons (Fsp3) is 0.273. The summed E-state index contributed by atoms with van der Waals surface area (Å²) in [7, 11) is 0. The highest BCUT2D eigenvalue weighted by Gasteiger charge is 2.04. The van der Waals surface area contributed by atoms with E-state index >= 15 is 0 Å². The summed E-state index contributed by atoms with van der Waals surface area (Å²) in [6, 6.07) is 8.34. The van der Waals surface area contributed by atoms with Crippen molar-refractivity contribution in [2.45, 2.75) is 29.1 Å². The van der Waals surface area contributed by atoms with Crippen molar-refractivity contribution in [1.82, 2.24) is 9.36 Å². The van der Waals surface area contributed by atoms with Crippen molar-refractivity contribution in [1.29, 1.82) is 0 Å². The maximum absolute atomic E-state index is 5.79. The molecular formula is C11H13N3S2. The van der Waals surface area contributed by atoms with Crippen LogP contribution in [0.4, 0.5) is 0 Å². The summed E-state index contributed by atoms with van der Waals surface area (Å²) in [6.07, 6.45) is 0. The van der Waals surface area contributed by atoms with Crippen LogP contribution >= 0.6 is 23.3 Å². The molecule has 5 heteroatoms. The fourth-order valence-corrected chi connectivity index (χ4v) is 2.88. The monoisotopic (exact) mass is 251 g/mol. The molecule has 16 heavy (non-hydrogen) atoms. The van der Waals surface area contributed by atoms with Crippen molar-refractivity contribution >= 4 is 23.3 Å². The third kappa shape index (κ3) is 2.81. The van der Waals surface area contributed by atoms with Crippen molar-refractivity contribution in [2.75, 3.05) is 0 Å². The van der Waals surface area contributed by atoms with E-state index in [9.17, 15) is 0 Å². The zero-order valence-electron chi connectivity index (χ0n) is 9.18. The average molecular weight is 251 g/mol. The Hall–Kier alpha value is -0.910. The summed E-state index contributed by atoms with van der Waals surface area (Å²) in [5.41, 5.74) is 6.94. The van der Waals surface area contributed by atoms with Crippen LogP contribution in [0.3, 0.4) is 0 Å². The second-order valence-electron chi connectivity index (χ2n) is 3.57. The highest BCUT2D eigenvalue weighted by molar-refractivity contribution is 8.01. The number of nitrogens with two attached hydrogens (primary N) is 1. The van der Waals surface area contributed by atoms with Gasteiger partial charge >= 0.3 is 0 Å². The van der Waals surface area contributed by atoms with E-state index in [0.29, 0.717) is 0 Å². The first-order valence-electron chi connectivity index (χ1n) is 4.99. The van der Waals surface area contributed by atoms with Gasteiger partial charge in [-0.2, -0.15) is 4.37 Å². The van der Waals surface area contributed by atoms with Crippen LogP contribution in [0.1, 0.15) is 24.4 Å². The first-order chi connectivity index (χ1) is 7.65. The Kier molecular flexibility index (Phi) is 3.58. The number of rotatable bonds is 3. The van der Waals surface area contributed by atoms with Gasteiger partial charge < -0.3 is 5.73 Å². The predicted octanol–water partition coefficient (Wildman–Crippen LogP) is 3.02. The van der Waals surface area contributed by atoms with E-state index < -0.39 is 0 Å². The lowest BCUT2D eigenvalue weighted by molar-refractivity contribution is 0.817. The Bertz CT molecular complexity index is 462. The van der Waals surface area contributed by atoms with Gasteiger partial charge in [-0.1, -0.05) is 23.9 Å². The van der Waals surface area contributed by atoms with Gasteiger partial charge in [0.1, 0.15) is 5.82 Å². The van der Waals surface area contributed by atoms with Gasteiger partial charge in [-0.25, -0.2) is 4.98 Å². The molecule has 0 amide bonds. The number of hydrogen-bond acceptors (Lipinski definition) is 5. The Labute approximate surface area is 103 Å². The molecule has 2 aromatic rings. The molecule has 3 nitrogen and oxygen atoms in total. The lowest BCUT2D eigenvalue weighted by atomic mass is 10.1. The third-order valence-electron chi connectivity index (χ3n) is 2.12. The predicted molar refractivity (Wildman–Crippen MR) is 67.8 cm³/mol. The molecule has 0 saturated carbocycles. The van der Waals surface area contributed by atoms with Crippen molar-refractivity contribution in [3.63, 3.8) is 0 Å². The SMILES string of the molecule is Cc1nsc(Sc2ccc([C@@H](C)N)cc2)n1. The molecule has 0 bridgehead atoms. The molecule has 0 aliphatic rings. The molecule has 0 saturated heterocycles. The molecule has 0 aliphatic heterocycles. The van der Waals surface area contributed by atoms with E-state index in [1.54, 1.807) is 11.8 Å². The number of nitrogens with zero attached hydrogens (tertiary/aromatic N) is 2. The zero-order valence-corrected chi connectivity index (χ0v) is 10.8. The quantitative estimate of drug-likeness (QED) is 0.911. The molecule has 2 N–H and O–H groups in total. The van der Waals surface area contributed by atoms with Gasteiger partial charge in [0, 0.05) is 10.9 Å². The summed E-state index contributed by atoms with van der Waals surface area (Å²) >= 11 is 3.06. The second kappa shape index (κ2) is 4.95. The highest BCUT2D eigenvalue weighted by Crippen LogP contribution is 2.29. The topological polar surface area (TPSA) is 51.8 Å². The first-order valence-corrected chi connectivity index (χ1v) is 6.58. The van der Waals surface area contributed by atoms with Gasteiger partial charge in [0.15, 0.2) is 4.34 Å². The van der Waals surface area contributed by atoms with Gasteiger partial charge in [0.25, 0.3) is 0 Å². The Morgan fingerprint density at radius 2 is 2.00 bits per heavy atom. The number of aromatic nitrogens is 2. The van der Waals surface area contributed by atoms with Crippen molar-refractivity contribution in [3.05, 3.63) is 35.7 Å². The van der Waals surface area contributed by atoms with Crippen LogP contribution in [0.2, 0.25) is 0 Å². The number of hydrogen-bond donors (Lipinski definition) is 1. The second-order valence-corrected chi connectivity index (χ2v) is 5.64. The zero-order chi connectivity index (χ0) is 11.5. The summed E-state index contributed by atoms with van der Waals surface area (Å²) < 4.78 is 5.13. The third-order valence-corrected chi connectivity index (χ3v) is 3.97. The minimum atomic E-state index is 0.0859. The largest absolute Gasteiger partial charge is 0.324 e. The summed E-state index contributed by atoms with van der Waals surface area (Å²) in [6.45, 7) is 3.88. The van der Waals surface area contributed by atoms with E-state index in [1.165, 1.54) is 16.4 Å². The molecule has 0 aliphatic carbocycles. The molecule has 84 valence electrons. The van der Waals surface area contributed by atoms with Gasteiger partial charge in [-0.05, 0) is 43.1 Å². The molecule has 0 radical (unpaired) electrons. The number of aryl methyl sites for hydroxylation is 1. The minimum Gasteiger partial charge on any atom is -0.324 e. The van der Waals surface area contributed by atoms with E-state index in [-0.39, 0.29) is 6.04 Å². The average Bonchev–Trinajstić information content (AvgIpc) is 2.65.